The van der Waals surface area contributed by atoms with Gasteiger partial charge in [0.15, 0.2) is 0 Å². The molecule has 2 atom stereocenters. The molecule has 0 N–H and O–H groups in total. The van der Waals surface area contributed by atoms with Crippen molar-refractivity contribution < 1.29 is 9.59 Å². The van der Waals surface area contributed by atoms with Gasteiger partial charge in [0.2, 0.25) is 0 Å². The van der Waals surface area contributed by atoms with E-state index in [0.29, 0.717) is 5.57 Å². The molecule has 3 aliphatic rings. The first kappa shape index (κ1) is 18.4. The summed E-state index contributed by atoms with van der Waals surface area (Å²) < 4.78 is 2.34. The Morgan fingerprint density at radius 1 is 1.03 bits per heavy atom. The minimum atomic E-state index is -0.755. The van der Waals surface area contributed by atoms with Crippen LogP contribution in [0.15, 0.2) is 71.8 Å². The van der Waals surface area contributed by atoms with Crippen LogP contribution >= 0.6 is 11.8 Å². The van der Waals surface area contributed by atoms with Gasteiger partial charge in [-0.3, -0.25) is 0 Å². The number of para-hydroxylation sites is 1. The molecule has 4 heterocycles. The van der Waals surface area contributed by atoms with E-state index in [1.54, 1.807) is 0 Å². The average Bonchev–Trinajstić information content (AvgIpc) is 3.48. The fourth-order valence-electron chi connectivity index (χ4n) is 4.32. The van der Waals surface area contributed by atoms with Crippen molar-refractivity contribution in [2.45, 2.75) is 11.7 Å². The molecule has 4 nitrogen and oxygen atoms in total. The van der Waals surface area contributed by atoms with Crippen LogP contribution in [0.2, 0.25) is 0 Å². The standard InChI is InChI=1S/C24H16N2O2STe/c27-21-17-9-11-29-23(17)22(28)18(21)13-16-7-8-20(30-16)26-19-6-2-1-4-14(19)12-15-5-3-10-25-24(15)26/h1-11,13,17,23H,12H2/b18-13+. The molecule has 2 aromatic heterocycles. The molecule has 6 heteroatoms. The normalized spacial score (nSPS) is 23.1. The molecule has 6 rings (SSSR count). The van der Waals surface area contributed by atoms with Crippen LogP contribution < -0.4 is 4.90 Å². The number of fused-ring (bicyclic) bond motifs is 3. The second kappa shape index (κ2) is 7.09. The number of carbonyl (C=O) groups excluding carboxylic acids is 2. The summed E-state index contributed by atoms with van der Waals surface area (Å²) in [6.45, 7) is 0. The molecule has 0 spiro atoms. The molecule has 1 aromatic carbocycles. The van der Waals surface area contributed by atoms with Crippen LogP contribution in [0.1, 0.15) is 14.7 Å². The Morgan fingerprint density at radius 3 is 2.80 bits per heavy atom. The fraction of sp³-hybridized carbons (Fsp3) is 0.125. The predicted octanol–water partition coefficient (Wildman–Crippen LogP) is 4.29. The SMILES string of the molecule is O=C1/C(=C\c2ccc(N3c4ccccc4Cc4cccnc43)[te]2)C(=O)C2SC=CC12. The number of anilines is 3. The number of rotatable bonds is 2. The first-order valence-corrected chi connectivity index (χ1v) is 13.0. The van der Waals surface area contributed by atoms with Gasteiger partial charge in [0.25, 0.3) is 0 Å². The molecule has 1 aliphatic carbocycles. The van der Waals surface area contributed by atoms with Crippen molar-refractivity contribution in [3.8, 4) is 0 Å². The van der Waals surface area contributed by atoms with Crippen molar-refractivity contribution in [2.24, 2.45) is 5.92 Å². The van der Waals surface area contributed by atoms with Crippen molar-refractivity contribution >= 4 is 65.0 Å². The summed E-state index contributed by atoms with van der Waals surface area (Å²) in [6, 6.07) is 16.8. The molecule has 0 saturated heterocycles. The van der Waals surface area contributed by atoms with E-state index in [4.69, 9.17) is 0 Å². The molecule has 0 amide bonds. The summed E-state index contributed by atoms with van der Waals surface area (Å²) in [5.41, 5.74) is 4.06. The van der Waals surface area contributed by atoms with Gasteiger partial charge in [0.1, 0.15) is 0 Å². The summed E-state index contributed by atoms with van der Waals surface area (Å²) in [5.74, 6) is 0.674. The van der Waals surface area contributed by atoms with E-state index in [-0.39, 0.29) is 22.7 Å². The second-order valence-corrected chi connectivity index (χ2v) is 11.7. The Balaban J connectivity index is 1.41. The number of Topliss-reactive ketones (excluding diaryl/α,β-unsaturated/α-hetero) is 2. The minimum absolute atomic E-state index is 0.0165. The van der Waals surface area contributed by atoms with Gasteiger partial charge in [-0.1, -0.05) is 0 Å². The molecule has 146 valence electrons. The van der Waals surface area contributed by atoms with Crippen LogP contribution in [-0.2, 0) is 16.0 Å². The van der Waals surface area contributed by atoms with Crippen LogP contribution in [0, 0.1) is 5.92 Å². The number of allylic oxidation sites excluding steroid dienone is 2. The van der Waals surface area contributed by atoms with E-state index < -0.39 is 20.4 Å². The van der Waals surface area contributed by atoms with E-state index in [2.05, 4.69) is 52.3 Å². The first-order valence-electron chi connectivity index (χ1n) is 9.75. The summed E-state index contributed by atoms with van der Waals surface area (Å²) in [5, 5.41) is 1.63. The van der Waals surface area contributed by atoms with E-state index in [1.165, 1.54) is 32.3 Å². The molecule has 1 saturated carbocycles. The zero-order valence-corrected chi connectivity index (χ0v) is 19.0. The van der Waals surface area contributed by atoms with Crippen LogP contribution in [0.4, 0.5) is 15.2 Å². The molecular weight excluding hydrogens is 508 g/mol. The Kier molecular flexibility index (Phi) is 4.35. The number of hydrogen-bond donors (Lipinski definition) is 0. The molecule has 0 radical (unpaired) electrons. The van der Waals surface area contributed by atoms with Crippen molar-refractivity contribution in [3.05, 3.63) is 86.5 Å². The number of benzene rings is 1. The zero-order chi connectivity index (χ0) is 20.2. The van der Waals surface area contributed by atoms with Crippen molar-refractivity contribution in [2.75, 3.05) is 4.90 Å². The molecule has 0 bridgehead atoms. The third-order valence-corrected chi connectivity index (χ3v) is 9.76. The van der Waals surface area contributed by atoms with Gasteiger partial charge >= 0.3 is 189 Å². The summed E-state index contributed by atoms with van der Waals surface area (Å²) in [7, 11) is 0. The monoisotopic (exact) mass is 526 g/mol. The van der Waals surface area contributed by atoms with Crippen molar-refractivity contribution in [1.29, 1.82) is 0 Å². The van der Waals surface area contributed by atoms with Crippen LogP contribution in [0.25, 0.3) is 6.08 Å². The molecule has 30 heavy (non-hydrogen) atoms. The van der Waals surface area contributed by atoms with Crippen molar-refractivity contribution in [1.82, 2.24) is 4.98 Å². The molecule has 3 aromatic rings. The second-order valence-electron chi connectivity index (χ2n) is 7.50. The van der Waals surface area contributed by atoms with Gasteiger partial charge in [-0.05, 0) is 0 Å². The third-order valence-electron chi connectivity index (χ3n) is 5.74. The van der Waals surface area contributed by atoms with Gasteiger partial charge in [-0.25, -0.2) is 0 Å². The quantitative estimate of drug-likeness (QED) is 0.223. The topological polar surface area (TPSA) is 50.3 Å². The number of aromatic nitrogens is 1. The fourth-order valence-corrected chi connectivity index (χ4v) is 8.14. The number of ketones is 2. The Labute approximate surface area is 187 Å². The van der Waals surface area contributed by atoms with Crippen LogP contribution in [0.5, 0.6) is 0 Å². The van der Waals surface area contributed by atoms with Gasteiger partial charge in [0, 0.05) is 0 Å². The molecular formula is C24H16N2O2STe. The average molecular weight is 524 g/mol. The summed E-state index contributed by atoms with van der Waals surface area (Å²) >= 11 is 0.710. The van der Waals surface area contributed by atoms with E-state index in [0.717, 1.165) is 15.8 Å². The first-order chi connectivity index (χ1) is 14.7. The van der Waals surface area contributed by atoms with Gasteiger partial charge in [-0.2, -0.15) is 0 Å². The Morgan fingerprint density at radius 2 is 1.90 bits per heavy atom. The zero-order valence-electron chi connectivity index (χ0n) is 15.8. The maximum absolute atomic E-state index is 12.7. The van der Waals surface area contributed by atoms with E-state index in [1.807, 2.05) is 29.8 Å². The number of nitrogens with zero attached hydrogens (tertiary/aromatic N) is 2. The van der Waals surface area contributed by atoms with Crippen molar-refractivity contribution in [3.63, 3.8) is 0 Å². The van der Waals surface area contributed by atoms with Gasteiger partial charge in [0.05, 0.1) is 0 Å². The predicted molar refractivity (Wildman–Crippen MR) is 121 cm³/mol. The molecule has 2 unspecified atom stereocenters. The Hall–Kier alpha value is -2.39. The molecule has 2 aliphatic heterocycles. The number of pyridine rings is 1. The maximum atomic E-state index is 12.7. The Bertz CT molecular complexity index is 1230. The third kappa shape index (κ3) is 2.79. The van der Waals surface area contributed by atoms with Crippen LogP contribution in [-0.4, -0.2) is 42.2 Å². The van der Waals surface area contributed by atoms with E-state index >= 15 is 0 Å². The summed E-state index contributed by atoms with van der Waals surface area (Å²) in [6.07, 6.45) is 6.45. The number of hydrogen-bond acceptors (Lipinski definition) is 5. The number of carbonyl (C=O) groups is 2. The van der Waals surface area contributed by atoms with Gasteiger partial charge < -0.3 is 0 Å². The summed E-state index contributed by atoms with van der Waals surface area (Å²) in [4.78, 5) is 32.3. The van der Waals surface area contributed by atoms with E-state index in [9.17, 15) is 9.59 Å². The number of thioether (sulfide) groups is 1. The van der Waals surface area contributed by atoms with Crippen LogP contribution in [0.3, 0.4) is 0 Å². The molecule has 1 fully saturated rings. The van der Waals surface area contributed by atoms with Gasteiger partial charge in [-0.15, -0.1) is 0 Å².